The number of carbonyl (C=O) groups excluding carboxylic acids is 2. The number of esters is 1. The highest BCUT2D eigenvalue weighted by Gasteiger charge is 2.30. The van der Waals surface area contributed by atoms with Gasteiger partial charge in [0.25, 0.3) is 0 Å². The van der Waals surface area contributed by atoms with E-state index in [1.165, 1.54) is 16.3 Å². The number of benzene rings is 2. The van der Waals surface area contributed by atoms with E-state index in [1.807, 2.05) is 34.6 Å². The van der Waals surface area contributed by atoms with Gasteiger partial charge in [-0.25, -0.2) is 4.79 Å². The van der Waals surface area contributed by atoms with Gasteiger partial charge in [-0.1, -0.05) is 42.2 Å². The highest BCUT2D eigenvalue weighted by atomic mass is 16.6. The minimum absolute atomic E-state index is 0.00115. The third-order valence-electron chi connectivity index (χ3n) is 7.73. The van der Waals surface area contributed by atoms with Crippen molar-refractivity contribution in [1.29, 1.82) is 0 Å². The molecular weight excluding hydrogens is 488 g/mol. The van der Waals surface area contributed by atoms with E-state index in [-0.39, 0.29) is 36.0 Å². The number of amides is 1. The highest BCUT2D eigenvalue weighted by Crippen LogP contribution is 2.33. The Morgan fingerprint density at radius 1 is 0.897 bits per heavy atom. The number of likely N-dealkylation sites (tertiary alicyclic amines) is 2. The van der Waals surface area contributed by atoms with Crippen LogP contribution in [0.15, 0.2) is 36.4 Å². The fourth-order valence-electron chi connectivity index (χ4n) is 5.56. The first-order chi connectivity index (χ1) is 18.5. The lowest BCUT2D eigenvalue weighted by Gasteiger charge is -2.36. The molecule has 2 aliphatic heterocycles. The molecule has 0 N–H and O–H groups in total. The summed E-state index contributed by atoms with van der Waals surface area (Å²) in [4.78, 5) is 29.0. The fourth-order valence-corrected chi connectivity index (χ4v) is 5.56. The second-order valence-electron chi connectivity index (χ2n) is 12.2. The molecule has 0 aliphatic carbocycles. The second kappa shape index (κ2) is 12.4. The van der Waals surface area contributed by atoms with E-state index in [0.717, 1.165) is 44.3 Å². The molecule has 0 bridgehead atoms. The number of rotatable bonds is 4. The van der Waals surface area contributed by atoms with Crippen molar-refractivity contribution in [2.45, 2.75) is 85.0 Å². The van der Waals surface area contributed by atoms with E-state index in [1.54, 1.807) is 4.90 Å². The smallest absolute Gasteiger partial charge is 0.410 e. The van der Waals surface area contributed by atoms with E-state index in [4.69, 9.17) is 9.47 Å². The Kier molecular flexibility index (Phi) is 9.23. The van der Waals surface area contributed by atoms with Crippen molar-refractivity contribution in [3.05, 3.63) is 47.5 Å². The summed E-state index contributed by atoms with van der Waals surface area (Å²) >= 11 is 0. The largest absolute Gasteiger partial charge is 0.463 e. The van der Waals surface area contributed by atoms with Gasteiger partial charge in [-0.15, -0.1) is 0 Å². The maximum atomic E-state index is 12.4. The summed E-state index contributed by atoms with van der Waals surface area (Å²) in [6.45, 7) is 14.9. The molecule has 2 heterocycles. The van der Waals surface area contributed by atoms with E-state index in [0.29, 0.717) is 13.1 Å². The van der Waals surface area contributed by atoms with Crippen molar-refractivity contribution >= 4 is 22.8 Å². The lowest BCUT2D eigenvalue weighted by molar-refractivity contribution is -0.154. The molecule has 2 aromatic rings. The van der Waals surface area contributed by atoms with Gasteiger partial charge >= 0.3 is 12.1 Å². The molecule has 39 heavy (non-hydrogen) atoms. The molecule has 1 amide bonds. The Morgan fingerprint density at radius 3 is 2.15 bits per heavy atom. The van der Waals surface area contributed by atoms with Crippen LogP contribution < -0.4 is 0 Å². The number of carbonyl (C=O) groups is 2. The summed E-state index contributed by atoms with van der Waals surface area (Å²) in [5.41, 5.74) is 1.87. The molecule has 6 nitrogen and oxygen atoms in total. The van der Waals surface area contributed by atoms with Gasteiger partial charge < -0.3 is 14.4 Å². The number of nitrogens with zero attached hydrogens (tertiary/aromatic N) is 2. The monoisotopic (exact) mass is 532 g/mol. The molecule has 2 aliphatic rings. The van der Waals surface area contributed by atoms with Crippen molar-refractivity contribution < 1.29 is 19.1 Å². The average Bonchev–Trinajstić information content (AvgIpc) is 2.90. The van der Waals surface area contributed by atoms with Gasteiger partial charge in [-0.3, -0.25) is 9.69 Å². The first-order valence-corrected chi connectivity index (χ1v) is 14.5. The molecule has 6 heteroatoms. The molecule has 2 fully saturated rings. The van der Waals surface area contributed by atoms with Crippen LogP contribution >= 0.6 is 0 Å². The molecule has 2 aromatic carbocycles. The average molecular weight is 533 g/mol. The Morgan fingerprint density at radius 2 is 1.54 bits per heavy atom. The second-order valence-corrected chi connectivity index (χ2v) is 12.2. The molecule has 0 saturated carbocycles. The summed E-state index contributed by atoms with van der Waals surface area (Å²) in [6, 6.07) is 13.2. The normalized spacial score (nSPS) is 18.5. The maximum absolute atomic E-state index is 12.4. The fraction of sp³-hybridized carbons (Fsp3) is 0.576. The van der Waals surface area contributed by atoms with Crippen LogP contribution in [0.2, 0.25) is 0 Å². The van der Waals surface area contributed by atoms with Gasteiger partial charge in [-0.05, 0) is 103 Å². The maximum Gasteiger partial charge on any atom is 0.410 e. The molecule has 4 rings (SSSR count). The van der Waals surface area contributed by atoms with Crippen LogP contribution in [-0.2, 0) is 14.3 Å². The summed E-state index contributed by atoms with van der Waals surface area (Å²) in [6.07, 6.45) is 3.10. The minimum Gasteiger partial charge on any atom is -0.463 e. The van der Waals surface area contributed by atoms with Crippen molar-refractivity contribution in [2.24, 2.45) is 11.8 Å². The minimum atomic E-state index is -0.476. The first-order valence-electron chi connectivity index (χ1n) is 14.5. The Labute approximate surface area is 234 Å². The van der Waals surface area contributed by atoms with Gasteiger partial charge in [-0.2, -0.15) is 0 Å². The van der Waals surface area contributed by atoms with Crippen molar-refractivity contribution in [1.82, 2.24) is 9.80 Å². The number of fused-ring (bicyclic) bond motifs is 1. The Bertz CT molecular complexity index is 1220. The number of piperidine rings is 2. The van der Waals surface area contributed by atoms with E-state index in [9.17, 15) is 9.59 Å². The molecule has 0 spiro atoms. The number of hydrogen-bond acceptors (Lipinski definition) is 5. The summed E-state index contributed by atoms with van der Waals surface area (Å²) in [5, 5.41) is 2.41. The lowest BCUT2D eigenvalue weighted by atomic mass is 9.91. The van der Waals surface area contributed by atoms with Crippen LogP contribution in [0.4, 0.5) is 4.79 Å². The van der Waals surface area contributed by atoms with E-state index >= 15 is 0 Å². The molecule has 210 valence electrons. The number of ether oxygens (including phenoxy) is 2. The standard InChI is InChI=1S/C33H44N2O4/c1-23(2)38-31(36)27-17-21-34(22-18-27)24(3)28-14-13-26(29-9-7-8-10-30(28)29)12-11-25-15-19-35(20-16-25)32(37)39-33(4,5)6/h7-10,13-14,23-25,27H,15-22H2,1-6H3. The predicted octanol–water partition coefficient (Wildman–Crippen LogP) is 6.56. The molecule has 1 unspecified atom stereocenters. The third-order valence-corrected chi connectivity index (χ3v) is 7.73. The summed E-state index contributed by atoms with van der Waals surface area (Å²) in [7, 11) is 0. The number of hydrogen-bond donors (Lipinski definition) is 0. The van der Waals surface area contributed by atoms with Crippen molar-refractivity contribution in [3.63, 3.8) is 0 Å². The van der Waals surface area contributed by atoms with Gasteiger partial charge in [0, 0.05) is 30.6 Å². The topological polar surface area (TPSA) is 59.1 Å². The van der Waals surface area contributed by atoms with Crippen molar-refractivity contribution in [2.75, 3.05) is 26.2 Å². The molecule has 2 saturated heterocycles. The predicted molar refractivity (Wildman–Crippen MR) is 155 cm³/mol. The lowest BCUT2D eigenvalue weighted by Crippen LogP contribution is -2.41. The molecule has 0 radical (unpaired) electrons. The highest BCUT2D eigenvalue weighted by molar-refractivity contribution is 5.91. The summed E-state index contributed by atoms with van der Waals surface area (Å²) in [5.74, 6) is 7.18. The van der Waals surface area contributed by atoms with Gasteiger partial charge in [0.1, 0.15) is 5.60 Å². The zero-order chi connectivity index (χ0) is 28.2. The Balaban J connectivity index is 1.42. The molecular formula is C33H44N2O4. The van der Waals surface area contributed by atoms with Crippen molar-refractivity contribution in [3.8, 4) is 11.8 Å². The molecule has 0 aromatic heterocycles. The summed E-state index contributed by atoms with van der Waals surface area (Å²) < 4.78 is 11.0. The van der Waals surface area contributed by atoms with Crippen LogP contribution in [0.1, 0.15) is 84.4 Å². The van der Waals surface area contributed by atoms with E-state index in [2.05, 4.69) is 60.1 Å². The zero-order valence-electron chi connectivity index (χ0n) is 24.5. The zero-order valence-corrected chi connectivity index (χ0v) is 24.5. The Hall–Kier alpha value is -3.04. The van der Waals surface area contributed by atoms with Gasteiger partial charge in [0.2, 0.25) is 0 Å². The SMILES string of the molecule is CC(C)OC(=O)C1CCN(C(C)c2ccc(C#CC3CCN(C(=O)OC(C)(C)C)CC3)c3ccccc23)CC1. The van der Waals surface area contributed by atoms with Crippen LogP contribution in [0.5, 0.6) is 0 Å². The van der Waals surface area contributed by atoms with Crippen LogP contribution in [0.25, 0.3) is 10.8 Å². The van der Waals surface area contributed by atoms with Gasteiger partial charge in [0.15, 0.2) is 0 Å². The first kappa shape index (κ1) is 29.0. The quantitative estimate of drug-likeness (QED) is 0.330. The van der Waals surface area contributed by atoms with Crippen LogP contribution in [-0.4, -0.2) is 59.7 Å². The molecule has 1 atom stereocenters. The van der Waals surface area contributed by atoms with E-state index < -0.39 is 5.60 Å². The van der Waals surface area contributed by atoms with Crippen LogP contribution in [0.3, 0.4) is 0 Å². The van der Waals surface area contributed by atoms with Gasteiger partial charge in [0.05, 0.1) is 12.0 Å². The van der Waals surface area contributed by atoms with Crippen LogP contribution in [0, 0.1) is 23.7 Å². The third kappa shape index (κ3) is 7.54.